The molecule has 6 heteroatoms. The maximum absolute atomic E-state index is 14.2. The van der Waals surface area contributed by atoms with Gasteiger partial charge in [-0.25, -0.2) is 0 Å². The summed E-state index contributed by atoms with van der Waals surface area (Å²) >= 11 is -2.36. The number of nitrogens with zero attached hydrogens (tertiary/aromatic N) is 3. The molecule has 0 bridgehead atoms. The summed E-state index contributed by atoms with van der Waals surface area (Å²) in [4.78, 5) is 10.7. The van der Waals surface area contributed by atoms with Gasteiger partial charge in [-0.05, 0) is 0 Å². The standard InChI is InChI=1S/C15H8F2N3.3CH3.Sn/c16-13-4-3-10(11-5-7-19-20-9-11)8-12(13)15-14(17)2-1-6-18-15;;;;/h1-6,8-9H;3*1H3;. The van der Waals surface area contributed by atoms with E-state index in [4.69, 9.17) is 0 Å². The predicted molar refractivity (Wildman–Crippen MR) is 93.6 cm³/mol. The number of benzene rings is 1. The van der Waals surface area contributed by atoms with Crippen LogP contribution >= 0.6 is 0 Å². The van der Waals surface area contributed by atoms with Crippen LogP contribution in [0.4, 0.5) is 8.78 Å². The molecule has 0 atom stereocenters. The topological polar surface area (TPSA) is 38.7 Å². The molecular weight excluding hydrogens is 415 g/mol. The average molecular weight is 432 g/mol. The zero-order chi connectivity index (χ0) is 17.3. The summed E-state index contributed by atoms with van der Waals surface area (Å²) < 4.78 is 29.2. The predicted octanol–water partition coefficient (Wildman–Crippen LogP) is 4.03. The number of aromatic nitrogens is 3. The van der Waals surface area contributed by atoms with Crippen molar-refractivity contribution < 1.29 is 8.78 Å². The van der Waals surface area contributed by atoms with E-state index in [1.807, 2.05) is 6.07 Å². The summed E-state index contributed by atoms with van der Waals surface area (Å²) in [5.74, 6) is -1.05. The molecule has 0 aliphatic carbocycles. The summed E-state index contributed by atoms with van der Waals surface area (Å²) in [5.41, 5.74) is 1.77. The molecule has 0 fully saturated rings. The molecule has 0 amide bonds. The molecule has 3 nitrogen and oxygen atoms in total. The quantitative estimate of drug-likeness (QED) is 0.587. The van der Waals surface area contributed by atoms with Gasteiger partial charge < -0.3 is 0 Å². The molecule has 24 heavy (non-hydrogen) atoms. The van der Waals surface area contributed by atoms with E-state index in [9.17, 15) is 8.78 Å². The molecule has 122 valence electrons. The molecule has 3 rings (SSSR count). The summed E-state index contributed by atoms with van der Waals surface area (Å²) in [6, 6.07) is 9.37. The molecule has 0 spiro atoms. The molecule has 2 aromatic heterocycles. The second-order valence-electron chi connectivity index (χ2n) is 6.61. The number of hydrogen-bond donors (Lipinski definition) is 0. The van der Waals surface area contributed by atoms with Crippen molar-refractivity contribution >= 4 is 22.1 Å². The number of halogens is 2. The fourth-order valence-corrected chi connectivity index (χ4v) is 5.06. The van der Waals surface area contributed by atoms with Gasteiger partial charge in [-0.15, -0.1) is 0 Å². The molecule has 1 aromatic carbocycles. The van der Waals surface area contributed by atoms with Crippen LogP contribution in [-0.2, 0) is 0 Å². The van der Waals surface area contributed by atoms with Crippen LogP contribution in [0, 0.1) is 11.6 Å². The molecule has 0 saturated heterocycles. The molecule has 3 aromatic rings. The van der Waals surface area contributed by atoms with Crippen molar-refractivity contribution in [3.05, 3.63) is 60.4 Å². The molecule has 0 radical (unpaired) electrons. The Morgan fingerprint density at radius 3 is 2.42 bits per heavy atom. The second-order valence-corrected chi connectivity index (χ2v) is 20.9. The van der Waals surface area contributed by atoms with Crippen molar-refractivity contribution in [2.24, 2.45) is 0 Å². The van der Waals surface area contributed by atoms with Crippen molar-refractivity contribution in [3.8, 4) is 22.4 Å². The Morgan fingerprint density at radius 1 is 0.917 bits per heavy atom. The fraction of sp³-hybridized carbons (Fsp3) is 0.167. The van der Waals surface area contributed by atoms with E-state index in [0.29, 0.717) is 0 Å². The molecule has 2 heterocycles. The maximum atomic E-state index is 14.2. The molecular formula is C18H17F2N3Sn. The average Bonchev–Trinajstić information content (AvgIpc) is 2.55. The first-order valence-electron chi connectivity index (χ1n) is 7.60. The Kier molecular flexibility index (Phi) is 4.62. The molecule has 0 unspecified atom stereocenters. The van der Waals surface area contributed by atoms with E-state index in [1.54, 1.807) is 18.3 Å². The summed E-state index contributed by atoms with van der Waals surface area (Å²) in [6.45, 7) is 0. The summed E-state index contributed by atoms with van der Waals surface area (Å²) in [6.07, 6.45) is 3.09. The first-order chi connectivity index (χ1) is 11.4. The number of rotatable bonds is 3. The third-order valence-corrected chi connectivity index (χ3v) is 8.82. The third-order valence-electron chi connectivity index (χ3n) is 3.74. The van der Waals surface area contributed by atoms with Crippen molar-refractivity contribution in [1.29, 1.82) is 0 Å². The van der Waals surface area contributed by atoms with E-state index < -0.39 is 30.0 Å². The van der Waals surface area contributed by atoms with Crippen LogP contribution in [0.5, 0.6) is 0 Å². The first kappa shape index (κ1) is 16.9. The van der Waals surface area contributed by atoms with Gasteiger partial charge in [-0.2, -0.15) is 0 Å². The van der Waals surface area contributed by atoms with Crippen LogP contribution < -0.4 is 3.71 Å². The van der Waals surface area contributed by atoms with Crippen molar-refractivity contribution in [2.45, 2.75) is 14.8 Å². The monoisotopic (exact) mass is 433 g/mol. The minimum atomic E-state index is -2.36. The SMILES string of the molecule is [CH3][Sn]([CH3])([CH3])[c]1cc(-c2ccc(F)c(-c3ncccc3F)c2)cnn1. The fourth-order valence-electron chi connectivity index (χ4n) is 2.36. The van der Waals surface area contributed by atoms with Crippen LogP contribution in [0.2, 0.25) is 14.8 Å². The van der Waals surface area contributed by atoms with Gasteiger partial charge in [0.05, 0.1) is 0 Å². The van der Waals surface area contributed by atoms with Crippen LogP contribution in [0.3, 0.4) is 0 Å². The van der Waals surface area contributed by atoms with Gasteiger partial charge in [-0.1, -0.05) is 0 Å². The van der Waals surface area contributed by atoms with Crippen LogP contribution in [0.25, 0.3) is 22.4 Å². The van der Waals surface area contributed by atoms with Crippen molar-refractivity contribution in [2.75, 3.05) is 0 Å². The Balaban J connectivity index is 2.12. The van der Waals surface area contributed by atoms with Crippen LogP contribution in [0.15, 0.2) is 48.8 Å². The first-order valence-corrected chi connectivity index (χ1v) is 17.6. The van der Waals surface area contributed by atoms with E-state index >= 15 is 0 Å². The number of hydrogen-bond acceptors (Lipinski definition) is 3. The molecule has 0 saturated carbocycles. The normalized spacial score (nSPS) is 11.5. The van der Waals surface area contributed by atoms with Crippen LogP contribution in [0.1, 0.15) is 0 Å². The van der Waals surface area contributed by atoms with E-state index in [1.165, 1.54) is 24.4 Å². The van der Waals surface area contributed by atoms with Gasteiger partial charge in [0.25, 0.3) is 0 Å². The zero-order valence-electron chi connectivity index (χ0n) is 13.7. The Morgan fingerprint density at radius 2 is 1.71 bits per heavy atom. The van der Waals surface area contributed by atoms with Gasteiger partial charge in [-0.3, -0.25) is 0 Å². The van der Waals surface area contributed by atoms with Crippen molar-refractivity contribution in [3.63, 3.8) is 0 Å². The van der Waals surface area contributed by atoms with Crippen LogP contribution in [-0.4, -0.2) is 33.6 Å². The van der Waals surface area contributed by atoms with Gasteiger partial charge in [0.1, 0.15) is 0 Å². The third kappa shape index (κ3) is 3.45. The number of pyridine rings is 1. The minimum absolute atomic E-state index is 0.00841. The van der Waals surface area contributed by atoms with Gasteiger partial charge in [0.15, 0.2) is 0 Å². The van der Waals surface area contributed by atoms with E-state index in [2.05, 4.69) is 30.0 Å². The summed E-state index contributed by atoms with van der Waals surface area (Å²) in [5, 5.41) is 8.33. The van der Waals surface area contributed by atoms with E-state index in [-0.39, 0.29) is 11.3 Å². The van der Waals surface area contributed by atoms with E-state index in [0.717, 1.165) is 14.8 Å². The van der Waals surface area contributed by atoms with Gasteiger partial charge in [0, 0.05) is 0 Å². The Labute approximate surface area is 143 Å². The Hall–Kier alpha value is -1.89. The zero-order valence-corrected chi connectivity index (χ0v) is 16.6. The Bertz CT molecular complexity index is 891. The van der Waals surface area contributed by atoms with Crippen molar-refractivity contribution in [1.82, 2.24) is 15.2 Å². The van der Waals surface area contributed by atoms with Gasteiger partial charge >= 0.3 is 144 Å². The molecule has 0 aliphatic heterocycles. The van der Waals surface area contributed by atoms with Gasteiger partial charge in [0.2, 0.25) is 0 Å². The second kappa shape index (κ2) is 6.55. The molecule has 0 aliphatic rings. The summed E-state index contributed by atoms with van der Waals surface area (Å²) in [7, 11) is 0. The molecule has 0 N–H and O–H groups in total.